The van der Waals surface area contributed by atoms with Gasteiger partial charge in [0.25, 0.3) is 11.5 Å². The maximum absolute atomic E-state index is 12.6. The zero-order valence-corrected chi connectivity index (χ0v) is 13.8. The highest BCUT2D eigenvalue weighted by Gasteiger charge is 2.22. The number of nitrogens with zero attached hydrogens (tertiary/aromatic N) is 2. The number of aromatic nitrogens is 3. The molecular formula is C18H18N4O3. The van der Waals surface area contributed by atoms with Gasteiger partial charge in [0, 0.05) is 17.4 Å². The average Bonchev–Trinajstić information content (AvgIpc) is 3.24. The van der Waals surface area contributed by atoms with Crippen LogP contribution in [0.25, 0.3) is 5.65 Å². The quantitative estimate of drug-likeness (QED) is 0.763. The predicted molar refractivity (Wildman–Crippen MR) is 93.4 cm³/mol. The second-order valence-corrected chi connectivity index (χ2v) is 5.95. The standard InChI is InChI=1S/C18H18N4O3/c1-2-25-12-8-6-11(7-9-12)20-17(23)14-10-19-22-16(14)21-15-5-3-4-13(15)18(22)24/h6-10,19H,2-5H2,1H3,(H,20,23). The van der Waals surface area contributed by atoms with Crippen molar-refractivity contribution in [2.24, 2.45) is 0 Å². The van der Waals surface area contributed by atoms with Crippen LogP contribution in [0.15, 0.2) is 35.3 Å². The van der Waals surface area contributed by atoms with Crippen molar-refractivity contribution < 1.29 is 9.53 Å². The fourth-order valence-corrected chi connectivity index (χ4v) is 3.15. The first-order valence-electron chi connectivity index (χ1n) is 8.33. The monoisotopic (exact) mass is 338 g/mol. The van der Waals surface area contributed by atoms with E-state index in [2.05, 4.69) is 15.4 Å². The zero-order valence-electron chi connectivity index (χ0n) is 13.8. The molecule has 0 fully saturated rings. The summed E-state index contributed by atoms with van der Waals surface area (Å²) >= 11 is 0. The van der Waals surface area contributed by atoms with E-state index in [1.165, 1.54) is 10.7 Å². The number of carbonyl (C=O) groups excluding carboxylic acids is 1. The van der Waals surface area contributed by atoms with Gasteiger partial charge in [0.1, 0.15) is 11.3 Å². The molecule has 1 amide bonds. The number of amides is 1. The number of hydrogen-bond acceptors (Lipinski definition) is 4. The summed E-state index contributed by atoms with van der Waals surface area (Å²) < 4.78 is 6.73. The number of ether oxygens (including phenoxy) is 1. The van der Waals surface area contributed by atoms with Gasteiger partial charge < -0.3 is 10.1 Å². The lowest BCUT2D eigenvalue weighted by atomic mass is 10.2. The summed E-state index contributed by atoms with van der Waals surface area (Å²) in [5, 5.41) is 5.66. The third-order valence-electron chi connectivity index (χ3n) is 4.35. The molecule has 0 aliphatic heterocycles. The molecule has 1 aliphatic carbocycles. The number of hydrogen-bond donors (Lipinski definition) is 2. The van der Waals surface area contributed by atoms with Gasteiger partial charge in [-0.3, -0.25) is 14.7 Å². The minimum absolute atomic E-state index is 0.113. The van der Waals surface area contributed by atoms with E-state index in [-0.39, 0.29) is 11.5 Å². The summed E-state index contributed by atoms with van der Waals surface area (Å²) in [6.45, 7) is 2.50. The van der Waals surface area contributed by atoms with Crippen molar-refractivity contribution in [1.82, 2.24) is 14.6 Å². The smallest absolute Gasteiger partial charge is 0.276 e. The summed E-state index contributed by atoms with van der Waals surface area (Å²) in [4.78, 5) is 29.6. The third kappa shape index (κ3) is 2.67. The van der Waals surface area contributed by atoms with Crippen LogP contribution in [0.4, 0.5) is 5.69 Å². The SMILES string of the molecule is CCOc1ccc(NC(=O)c2c[nH]n3c(=O)c4c(nc23)CCC4)cc1. The molecule has 3 aromatic rings. The first-order chi connectivity index (χ1) is 12.2. The van der Waals surface area contributed by atoms with E-state index in [1.54, 1.807) is 24.3 Å². The average molecular weight is 338 g/mol. The molecular weight excluding hydrogens is 320 g/mol. The Bertz CT molecular complexity index is 1000. The van der Waals surface area contributed by atoms with E-state index >= 15 is 0 Å². The van der Waals surface area contributed by atoms with Gasteiger partial charge in [-0.1, -0.05) is 0 Å². The van der Waals surface area contributed by atoms with Gasteiger partial charge in [-0.05, 0) is 50.5 Å². The van der Waals surface area contributed by atoms with Crippen molar-refractivity contribution in [3.05, 3.63) is 57.6 Å². The predicted octanol–water partition coefficient (Wildman–Crippen LogP) is 2.16. The van der Waals surface area contributed by atoms with Crippen LogP contribution in [0.2, 0.25) is 0 Å². The molecule has 0 spiro atoms. The maximum Gasteiger partial charge on any atom is 0.276 e. The van der Waals surface area contributed by atoms with Gasteiger partial charge in [0.15, 0.2) is 5.65 Å². The molecule has 7 heteroatoms. The lowest BCUT2D eigenvalue weighted by Crippen LogP contribution is -2.21. The first-order valence-corrected chi connectivity index (χ1v) is 8.33. The summed E-state index contributed by atoms with van der Waals surface area (Å²) in [5.41, 5.74) is 2.81. The summed E-state index contributed by atoms with van der Waals surface area (Å²) in [6, 6.07) is 7.14. The zero-order chi connectivity index (χ0) is 17.4. The Balaban J connectivity index is 1.64. The number of anilines is 1. The molecule has 4 rings (SSSR count). The second-order valence-electron chi connectivity index (χ2n) is 5.95. The van der Waals surface area contributed by atoms with Crippen LogP contribution >= 0.6 is 0 Å². The maximum atomic E-state index is 12.6. The minimum atomic E-state index is -0.312. The Morgan fingerprint density at radius 1 is 1.32 bits per heavy atom. The van der Waals surface area contributed by atoms with Crippen LogP contribution in [0.1, 0.15) is 35.0 Å². The fraction of sp³-hybridized carbons (Fsp3) is 0.278. The van der Waals surface area contributed by atoms with Gasteiger partial charge >= 0.3 is 0 Å². The Kier molecular flexibility index (Phi) is 3.76. The Morgan fingerprint density at radius 3 is 2.88 bits per heavy atom. The number of fused-ring (bicyclic) bond motifs is 2. The fourth-order valence-electron chi connectivity index (χ4n) is 3.15. The highest BCUT2D eigenvalue weighted by atomic mass is 16.5. The van der Waals surface area contributed by atoms with Crippen LogP contribution < -0.4 is 15.6 Å². The molecule has 128 valence electrons. The van der Waals surface area contributed by atoms with E-state index in [1.807, 2.05) is 6.92 Å². The molecule has 2 N–H and O–H groups in total. The molecule has 1 aromatic carbocycles. The molecule has 2 aromatic heterocycles. The third-order valence-corrected chi connectivity index (χ3v) is 4.35. The van der Waals surface area contributed by atoms with Crippen LogP contribution in [0, 0.1) is 0 Å². The Labute approximate surface area is 143 Å². The van der Waals surface area contributed by atoms with Crippen molar-refractivity contribution in [3.63, 3.8) is 0 Å². The minimum Gasteiger partial charge on any atom is -0.494 e. The number of benzene rings is 1. The first kappa shape index (κ1) is 15.4. The molecule has 1 aliphatic rings. The lowest BCUT2D eigenvalue weighted by Gasteiger charge is -2.06. The number of rotatable bonds is 4. The summed E-state index contributed by atoms with van der Waals surface area (Å²) in [7, 11) is 0. The highest BCUT2D eigenvalue weighted by Crippen LogP contribution is 2.20. The number of H-pyrrole nitrogens is 1. The second kappa shape index (κ2) is 6.08. The molecule has 0 atom stereocenters. The number of carbonyl (C=O) groups is 1. The summed E-state index contributed by atoms with van der Waals surface area (Å²) in [6.07, 6.45) is 3.98. The molecule has 2 heterocycles. The van der Waals surface area contributed by atoms with E-state index < -0.39 is 0 Å². The van der Waals surface area contributed by atoms with Crippen LogP contribution in [-0.4, -0.2) is 27.1 Å². The topological polar surface area (TPSA) is 88.5 Å². The van der Waals surface area contributed by atoms with Gasteiger partial charge in [0.2, 0.25) is 0 Å². The van der Waals surface area contributed by atoms with E-state index in [0.717, 1.165) is 36.3 Å². The van der Waals surface area contributed by atoms with Crippen molar-refractivity contribution in [2.75, 3.05) is 11.9 Å². The molecule has 0 saturated carbocycles. The molecule has 0 bridgehead atoms. The largest absolute Gasteiger partial charge is 0.494 e. The number of aromatic amines is 1. The van der Waals surface area contributed by atoms with Gasteiger partial charge in [-0.25, -0.2) is 9.50 Å². The van der Waals surface area contributed by atoms with Crippen molar-refractivity contribution in [3.8, 4) is 5.75 Å². The summed E-state index contributed by atoms with van der Waals surface area (Å²) in [5.74, 6) is 0.434. The molecule has 0 saturated heterocycles. The van der Waals surface area contributed by atoms with Crippen molar-refractivity contribution >= 4 is 17.2 Å². The van der Waals surface area contributed by atoms with E-state index in [9.17, 15) is 9.59 Å². The van der Waals surface area contributed by atoms with Gasteiger partial charge in [-0.2, -0.15) is 0 Å². The van der Waals surface area contributed by atoms with E-state index in [0.29, 0.717) is 23.5 Å². The van der Waals surface area contributed by atoms with Gasteiger partial charge in [0.05, 0.1) is 12.3 Å². The lowest BCUT2D eigenvalue weighted by molar-refractivity contribution is 0.102. The molecule has 7 nitrogen and oxygen atoms in total. The number of nitrogens with one attached hydrogen (secondary N) is 2. The molecule has 0 radical (unpaired) electrons. The van der Waals surface area contributed by atoms with Crippen LogP contribution in [0.3, 0.4) is 0 Å². The van der Waals surface area contributed by atoms with Gasteiger partial charge in [-0.15, -0.1) is 0 Å². The van der Waals surface area contributed by atoms with Crippen molar-refractivity contribution in [2.45, 2.75) is 26.2 Å². The van der Waals surface area contributed by atoms with Crippen LogP contribution in [0.5, 0.6) is 5.75 Å². The van der Waals surface area contributed by atoms with Crippen molar-refractivity contribution in [1.29, 1.82) is 0 Å². The van der Waals surface area contributed by atoms with Crippen LogP contribution in [-0.2, 0) is 12.8 Å². The molecule has 0 unspecified atom stereocenters. The molecule has 25 heavy (non-hydrogen) atoms. The highest BCUT2D eigenvalue weighted by molar-refractivity contribution is 6.08. The Hall–Kier alpha value is -3.09. The normalized spacial score (nSPS) is 13.0. The van der Waals surface area contributed by atoms with E-state index in [4.69, 9.17) is 4.74 Å². The Morgan fingerprint density at radius 2 is 2.12 bits per heavy atom. The number of aryl methyl sites for hydroxylation is 1.